The minimum absolute atomic E-state index is 0.390. The standard InChI is InChI=1S/C7H12NO/c1-8-5-2-3-7(9)4-6-8/h1-6H2. The van der Waals surface area contributed by atoms with E-state index in [0.717, 1.165) is 25.9 Å². The largest absolute Gasteiger partial charge is 0.302 e. The van der Waals surface area contributed by atoms with Gasteiger partial charge < -0.3 is 4.90 Å². The van der Waals surface area contributed by atoms with Crippen molar-refractivity contribution < 1.29 is 4.79 Å². The molecule has 51 valence electrons. The van der Waals surface area contributed by atoms with E-state index in [4.69, 9.17) is 0 Å². The fraction of sp³-hybridized carbons (Fsp3) is 0.714. The van der Waals surface area contributed by atoms with Gasteiger partial charge in [0, 0.05) is 26.4 Å². The first-order valence-corrected chi connectivity index (χ1v) is 3.36. The molecule has 1 saturated heterocycles. The molecular formula is C7H12NO. The Morgan fingerprint density at radius 2 is 2.11 bits per heavy atom. The Balaban J connectivity index is 2.34. The molecule has 0 aromatic carbocycles. The molecule has 0 aromatic heterocycles. The van der Waals surface area contributed by atoms with Crippen molar-refractivity contribution in [3.63, 3.8) is 0 Å². The lowest BCUT2D eigenvalue weighted by atomic mass is 10.2. The molecule has 9 heavy (non-hydrogen) atoms. The molecule has 0 saturated carbocycles. The Labute approximate surface area is 55.8 Å². The maximum atomic E-state index is 10.8. The molecule has 1 aliphatic heterocycles. The van der Waals surface area contributed by atoms with Crippen molar-refractivity contribution in [2.45, 2.75) is 19.3 Å². The van der Waals surface area contributed by atoms with Gasteiger partial charge in [-0.05, 0) is 13.0 Å². The van der Waals surface area contributed by atoms with Crippen LogP contribution in [0.4, 0.5) is 0 Å². The van der Waals surface area contributed by atoms with Gasteiger partial charge in [0.25, 0.3) is 0 Å². The Hall–Kier alpha value is -0.370. The molecule has 0 N–H and O–H groups in total. The van der Waals surface area contributed by atoms with Crippen molar-refractivity contribution >= 4 is 5.78 Å². The minimum atomic E-state index is 0.390. The summed E-state index contributed by atoms with van der Waals surface area (Å²) in [7, 11) is 3.77. The Kier molecular flexibility index (Phi) is 2.22. The zero-order valence-corrected chi connectivity index (χ0v) is 5.60. The lowest BCUT2D eigenvalue weighted by Crippen LogP contribution is -2.16. The van der Waals surface area contributed by atoms with Crippen molar-refractivity contribution in [1.29, 1.82) is 0 Å². The molecule has 0 aromatic rings. The van der Waals surface area contributed by atoms with Crippen LogP contribution in [-0.2, 0) is 4.79 Å². The summed E-state index contributed by atoms with van der Waals surface area (Å²) in [6, 6.07) is 0. The molecule has 0 spiro atoms. The summed E-state index contributed by atoms with van der Waals surface area (Å²) in [5, 5.41) is 0. The summed E-state index contributed by atoms with van der Waals surface area (Å²) < 4.78 is 0. The molecule has 1 rings (SSSR count). The second-order valence-electron chi connectivity index (χ2n) is 2.51. The van der Waals surface area contributed by atoms with Gasteiger partial charge in [0.05, 0.1) is 0 Å². The summed E-state index contributed by atoms with van der Waals surface area (Å²) in [6.45, 7) is 1.82. The summed E-state index contributed by atoms with van der Waals surface area (Å²) in [4.78, 5) is 12.7. The van der Waals surface area contributed by atoms with E-state index < -0.39 is 0 Å². The minimum Gasteiger partial charge on any atom is -0.302 e. The molecule has 2 heteroatoms. The van der Waals surface area contributed by atoms with E-state index in [1.807, 2.05) is 4.90 Å². The number of nitrogens with zero attached hydrogens (tertiary/aromatic N) is 1. The Morgan fingerprint density at radius 1 is 1.33 bits per heavy atom. The number of hydrogen-bond acceptors (Lipinski definition) is 2. The highest BCUT2D eigenvalue weighted by molar-refractivity contribution is 5.78. The second kappa shape index (κ2) is 2.97. The van der Waals surface area contributed by atoms with Crippen LogP contribution in [0.2, 0.25) is 0 Å². The van der Waals surface area contributed by atoms with E-state index in [1.54, 1.807) is 0 Å². The monoisotopic (exact) mass is 126 g/mol. The summed E-state index contributed by atoms with van der Waals surface area (Å²) >= 11 is 0. The van der Waals surface area contributed by atoms with Gasteiger partial charge in [-0.1, -0.05) is 0 Å². The van der Waals surface area contributed by atoms with Crippen LogP contribution in [-0.4, -0.2) is 23.8 Å². The molecular weight excluding hydrogens is 114 g/mol. The van der Waals surface area contributed by atoms with Gasteiger partial charge in [0.1, 0.15) is 5.78 Å². The third-order valence-electron chi connectivity index (χ3n) is 1.64. The first-order chi connectivity index (χ1) is 4.29. The van der Waals surface area contributed by atoms with E-state index in [0.29, 0.717) is 12.2 Å². The van der Waals surface area contributed by atoms with E-state index >= 15 is 0 Å². The predicted molar refractivity (Wildman–Crippen MR) is 35.8 cm³/mol. The number of carbonyl (C=O) groups is 1. The third kappa shape index (κ3) is 2.14. The zero-order valence-electron chi connectivity index (χ0n) is 5.60. The molecule has 0 unspecified atom stereocenters. The maximum Gasteiger partial charge on any atom is 0.134 e. The van der Waals surface area contributed by atoms with Gasteiger partial charge in [-0.15, -0.1) is 0 Å². The number of ketones is 1. The molecule has 0 bridgehead atoms. The van der Waals surface area contributed by atoms with Crippen LogP contribution in [0.3, 0.4) is 0 Å². The molecule has 0 aliphatic carbocycles. The van der Waals surface area contributed by atoms with Crippen LogP contribution >= 0.6 is 0 Å². The topological polar surface area (TPSA) is 20.3 Å². The highest BCUT2D eigenvalue weighted by Crippen LogP contribution is 2.04. The van der Waals surface area contributed by atoms with Crippen molar-refractivity contribution in [3.8, 4) is 0 Å². The SMILES string of the molecule is [CH2]N1CCCC(=O)CC1. The summed E-state index contributed by atoms with van der Waals surface area (Å²) in [5.74, 6) is 0.390. The average Bonchev–Trinajstić information content (AvgIpc) is 1.97. The highest BCUT2D eigenvalue weighted by atomic mass is 16.1. The number of likely N-dealkylation sites (tertiary alicyclic amines) is 1. The van der Waals surface area contributed by atoms with Gasteiger partial charge in [-0.25, -0.2) is 0 Å². The van der Waals surface area contributed by atoms with Crippen molar-refractivity contribution in [3.05, 3.63) is 7.05 Å². The lowest BCUT2D eigenvalue weighted by Gasteiger charge is -2.09. The van der Waals surface area contributed by atoms with Crippen LogP contribution in [0, 0.1) is 7.05 Å². The lowest BCUT2D eigenvalue weighted by molar-refractivity contribution is -0.118. The van der Waals surface area contributed by atoms with Crippen molar-refractivity contribution in [2.24, 2.45) is 0 Å². The third-order valence-corrected chi connectivity index (χ3v) is 1.64. The number of hydrogen-bond donors (Lipinski definition) is 0. The molecule has 1 radical (unpaired) electrons. The number of rotatable bonds is 0. The fourth-order valence-electron chi connectivity index (χ4n) is 1.02. The van der Waals surface area contributed by atoms with Crippen LogP contribution < -0.4 is 0 Å². The molecule has 0 atom stereocenters. The maximum absolute atomic E-state index is 10.8. The molecule has 1 heterocycles. The smallest absolute Gasteiger partial charge is 0.134 e. The average molecular weight is 126 g/mol. The molecule has 1 aliphatic rings. The van der Waals surface area contributed by atoms with Crippen LogP contribution in [0.1, 0.15) is 19.3 Å². The Morgan fingerprint density at radius 3 is 2.89 bits per heavy atom. The van der Waals surface area contributed by atoms with E-state index in [1.165, 1.54) is 0 Å². The van der Waals surface area contributed by atoms with Gasteiger partial charge in [-0.2, -0.15) is 0 Å². The molecule has 2 nitrogen and oxygen atoms in total. The van der Waals surface area contributed by atoms with Gasteiger partial charge in [0.15, 0.2) is 0 Å². The summed E-state index contributed by atoms with van der Waals surface area (Å²) in [6.07, 6.45) is 2.44. The molecule has 0 amide bonds. The fourth-order valence-corrected chi connectivity index (χ4v) is 1.02. The van der Waals surface area contributed by atoms with Crippen LogP contribution in [0.5, 0.6) is 0 Å². The van der Waals surface area contributed by atoms with Crippen molar-refractivity contribution in [2.75, 3.05) is 13.1 Å². The van der Waals surface area contributed by atoms with Gasteiger partial charge in [-0.3, -0.25) is 4.79 Å². The predicted octanol–water partition coefficient (Wildman–Crippen LogP) is 0.833. The summed E-state index contributed by atoms with van der Waals surface area (Å²) in [5.41, 5.74) is 0. The zero-order chi connectivity index (χ0) is 6.69. The van der Waals surface area contributed by atoms with Crippen LogP contribution in [0.25, 0.3) is 0 Å². The van der Waals surface area contributed by atoms with E-state index in [2.05, 4.69) is 7.05 Å². The van der Waals surface area contributed by atoms with Gasteiger partial charge >= 0.3 is 0 Å². The van der Waals surface area contributed by atoms with Gasteiger partial charge in [0.2, 0.25) is 0 Å². The van der Waals surface area contributed by atoms with Crippen LogP contribution in [0.15, 0.2) is 0 Å². The van der Waals surface area contributed by atoms with Crippen molar-refractivity contribution in [1.82, 2.24) is 4.90 Å². The Bertz CT molecular complexity index is 111. The number of Topliss-reactive ketones (excluding diaryl/α,β-unsaturated/α-hetero) is 1. The second-order valence-corrected chi connectivity index (χ2v) is 2.51. The number of carbonyl (C=O) groups excluding carboxylic acids is 1. The first-order valence-electron chi connectivity index (χ1n) is 3.36. The van der Waals surface area contributed by atoms with E-state index in [9.17, 15) is 4.79 Å². The first kappa shape index (κ1) is 6.75. The normalized spacial score (nSPS) is 23.9. The molecule has 1 fully saturated rings. The highest BCUT2D eigenvalue weighted by Gasteiger charge is 2.09. The van der Waals surface area contributed by atoms with E-state index in [-0.39, 0.29) is 0 Å². The quantitative estimate of drug-likeness (QED) is 0.479.